The van der Waals surface area contributed by atoms with Crippen molar-refractivity contribution in [2.75, 3.05) is 14.2 Å². The van der Waals surface area contributed by atoms with Crippen molar-refractivity contribution in [3.63, 3.8) is 0 Å². The van der Waals surface area contributed by atoms with Crippen LogP contribution < -0.4 is 14.9 Å². The zero-order chi connectivity index (χ0) is 19.2. The molecule has 0 saturated carbocycles. The molecule has 5 nitrogen and oxygen atoms in total. The van der Waals surface area contributed by atoms with Crippen LogP contribution in [0.5, 0.6) is 11.5 Å². The summed E-state index contributed by atoms with van der Waals surface area (Å²) in [5.41, 5.74) is 4.13. The summed E-state index contributed by atoms with van der Waals surface area (Å²) < 4.78 is 10.5. The van der Waals surface area contributed by atoms with E-state index in [0.717, 1.165) is 16.3 Å². The van der Waals surface area contributed by atoms with Gasteiger partial charge in [0.2, 0.25) is 5.91 Å². The molecule has 0 atom stereocenters. The Morgan fingerprint density at radius 2 is 1.81 bits per heavy atom. The van der Waals surface area contributed by atoms with E-state index in [2.05, 4.69) is 10.5 Å². The second kappa shape index (κ2) is 8.56. The minimum absolute atomic E-state index is 0.207. The van der Waals surface area contributed by atoms with Crippen molar-refractivity contribution >= 4 is 34.5 Å². The van der Waals surface area contributed by atoms with Crippen molar-refractivity contribution in [2.24, 2.45) is 5.10 Å². The molecule has 0 aromatic heterocycles. The molecule has 0 aliphatic heterocycles. The van der Waals surface area contributed by atoms with Crippen molar-refractivity contribution in [3.8, 4) is 11.5 Å². The maximum Gasteiger partial charge on any atom is 0.244 e. The van der Waals surface area contributed by atoms with Crippen molar-refractivity contribution in [3.05, 3.63) is 70.7 Å². The van der Waals surface area contributed by atoms with Crippen LogP contribution in [0.1, 0.15) is 11.1 Å². The molecule has 1 N–H and O–H groups in total. The third kappa shape index (κ3) is 4.38. The third-order valence-electron chi connectivity index (χ3n) is 4.13. The van der Waals surface area contributed by atoms with Crippen molar-refractivity contribution in [1.29, 1.82) is 0 Å². The minimum Gasteiger partial charge on any atom is -0.496 e. The first-order valence-corrected chi connectivity index (χ1v) is 8.70. The maximum atomic E-state index is 12.3. The Morgan fingerprint density at radius 3 is 2.59 bits per heavy atom. The van der Waals surface area contributed by atoms with Crippen LogP contribution in [-0.4, -0.2) is 26.3 Å². The van der Waals surface area contributed by atoms with Crippen LogP contribution in [0.4, 0.5) is 0 Å². The van der Waals surface area contributed by atoms with Gasteiger partial charge in [0.15, 0.2) is 0 Å². The van der Waals surface area contributed by atoms with E-state index >= 15 is 0 Å². The second-order valence-corrected chi connectivity index (χ2v) is 6.24. The van der Waals surface area contributed by atoms with Gasteiger partial charge < -0.3 is 9.47 Å². The van der Waals surface area contributed by atoms with Crippen LogP contribution in [0.2, 0.25) is 5.02 Å². The van der Waals surface area contributed by atoms with E-state index in [1.807, 2.05) is 42.5 Å². The zero-order valence-electron chi connectivity index (χ0n) is 15.0. The molecule has 0 fully saturated rings. The highest BCUT2D eigenvalue weighted by atomic mass is 35.5. The number of ether oxygens (including phenoxy) is 2. The SMILES string of the molecule is COc1cc(OC)c(/C=N\NC(=O)Cc2cccc3ccccc23)cc1Cl. The van der Waals surface area contributed by atoms with Crippen LogP contribution in [0.3, 0.4) is 0 Å². The molecule has 0 heterocycles. The molecular weight excluding hydrogens is 364 g/mol. The van der Waals surface area contributed by atoms with E-state index in [1.54, 1.807) is 19.2 Å². The average molecular weight is 383 g/mol. The zero-order valence-corrected chi connectivity index (χ0v) is 15.8. The molecular formula is C21H19ClN2O3. The smallest absolute Gasteiger partial charge is 0.244 e. The molecule has 3 rings (SSSR count). The fourth-order valence-electron chi connectivity index (χ4n) is 2.82. The summed E-state index contributed by atoms with van der Waals surface area (Å²) in [6, 6.07) is 17.2. The summed E-state index contributed by atoms with van der Waals surface area (Å²) in [6.45, 7) is 0. The number of fused-ring (bicyclic) bond motifs is 1. The number of carbonyl (C=O) groups is 1. The van der Waals surface area contributed by atoms with E-state index in [9.17, 15) is 4.79 Å². The van der Waals surface area contributed by atoms with Crippen LogP contribution >= 0.6 is 11.6 Å². The molecule has 0 aliphatic rings. The normalized spacial score (nSPS) is 10.9. The monoisotopic (exact) mass is 382 g/mol. The summed E-state index contributed by atoms with van der Waals surface area (Å²) in [4.78, 5) is 12.3. The molecule has 0 unspecified atom stereocenters. The number of hydrazone groups is 1. The Labute approximate surface area is 162 Å². The summed E-state index contributed by atoms with van der Waals surface area (Å²) in [5.74, 6) is 0.843. The average Bonchev–Trinajstić information content (AvgIpc) is 2.68. The van der Waals surface area contributed by atoms with Gasteiger partial charge >= 0.3 is 0 Å². The molecule has 0 aliphatic carbocycles. The highest BCUT2D eigenvalue weighted by Gasteiger charge is 2.09. The molecule has 6 heteroatoms. The predicted octanol–water partition coefficient (Wildman–Crippen LogP) is 4.20. The van der Waals surface area contributed by atoms with Gasteiger partial charge in [-0.1, -0.05) is 54.1 Å². The van der Waals surface area contributed by atoms with Gasteiger partial charge in [-0.3, -0.25) is 4.79 Å². The lowest BCUT2D eigenvalue weighted by Gasteiger charge is -2.09. The lowest BCUT2D eigenvalue weighted by molar-refractivity contribution is -0.120. The maximum absolute atomic E-state index is 12.3. The number of benzene rings is 3. The predicted molar refractivity (Wildman–Crippen MR) is 108 cm³/mol. The van der Waals surface area contributed by atoms with Gasteiger partial charge in [-0.15, -0.1) is 0 Å². The molecule has 3 aromatic rings. The molecule has 0 bridgehead atoms. The van der Waals surface area contributed by atoms with Gasteiger partial charge in [-0.2, -0.15) is 5.10 Å². The van der Waals surface area contributed by atoms with Gasteiger partial charge in [0, 0.05) is 11.6 Å². The highest BCUT2D eigenvalue weighted by Crippen LogP contribution is 2.31. The van der Waals surface area contributed by atoms with Crippen LogP contribution in [-0.2, 0) is 11.2 Å². The Morgan fingerprint density at radius 1 is 1.07 bits per heavy atom. The number of hydrogen-bond acceptors (Lipinski definition) is 4. The number of halogens is 1. The van der Waals surface area contributed by atoms with Crippen LogP contribution in [0, 0.1) is 0 Å². The fraction of sp³-hybridized carbons (Fsp3) is 0.143. The van der Waals surface area contributed by atoms with Crippen LogP contribution in [0.15, 0.2) is 59.7 Å². The van der Waals surface area contributed by atoms with Gasteiger partial charge in [-0.05, 0) is 22.4 Å². The topological polar surface area (TPSA) is 59.9 Å². The first kappa shape index (κ1) is 18.7. The number of methoxy groups -OCH3 is 2. The number of nitrogens with zero attached hydrogens (tertiary/aromatic N) is 1. The van der Waals surface area contributed by atoms with E-state index in [1.165, 1.54) is 13.3 Å². The standard InChI is InChI=1S/C21H19ClN2O3/c1-26-19-12-20(27-2)18(22)10-16(19)13-23-24-21(25)11-15-8-5-7-14-6-3-4-9-17(14)15/h3-10,12-13H,11H2,1-2H3,(H,24,25)/b23-13-. The minimum atomic E-state index is -0.207. The molecule has 0 spiro atoms. The fourth-order valence-corrected chi connectivity index (χ4v) is 3.07. The van der Waals surface area contributed by atoms with E-state index in [4.69, 9.17) is 21.1 Å². The number of amides is 1. The molecule has 0 radical (unpaired) electrons. The number of rotatable bonds is 6. The largest absolute Gasteiger partial charge is 0.496 e. The van der Waals surface area contributed by atoms with Gasteiger partial charge in [0.25, 0.3) is 0 Å². The Hall–Kier alpha value is -3.05. The van der Waals surface area contributed by atoms with Gasteiger partial charge in [-0.25, -0.2) is 5.43 Å². The van der Waals surface area contributed by atoms with Crippen molar-refractivity contribution in [1.82, 2.24) is 5.43 Å². The number of nitrogens with one attached hydrogen (secondary N) is 1. The molecule has 1 amide bonds. The first-order valence-electron chi connectivity index (χ1n) is 8.32. The van der Waals surface area contributed by atoms with Gasteiger partial charge in [0.05, 0.1) is 31.9 Å². The summed E-state index contributed by atoms with van der Waals surface area (Å²) in [7, 11) is 3.07. The summed E-state index contributed by atoms with van der Waals surface area (Å²) in [6.07, 6.45) is 1.73. The number of hydrogen-bond donors (Lipinski definition) is 1. The van der Waals surface area contributed by atoms with E-state index in [-0.39, 0.29) is 12.3 Å². The quantitative estimate of drug-likeness (QED) is 0.513. The second-order valence-electron chi connectivity index (χ2n) is 5.84. The molecule has 0 saturated heterocycles. The number of carbonyl (C=O) groups excluding carboxylic acids is 1. The van der Waals surface area contributed by atoms with Crippen molar-refractivity contribution < 1.29 is 14.3 Å². The van der Waals surface area contributed by atoms with E-state index in [0.29, 0.717) is 22.1 Å². The van der Waals surface area contributed by atoms with Crippen LogP contribution in [0.25, 0.3) is 10.8 Å². The summed E-state index contributed by atoms with van der Waals surface area (Å²) in [5, 5.41) is 6.61. The Kier molecular flexibility index (Phi) is 5.94. The van der Waals surface area contributed by atoms with Crippen molar-refractivity contribution in [2.45, 2.75) is 6.42 Å². The summed E-state index contributed by atoms with van der Waals surface area (Å²) >= 11 is 6.13. The molecule has 138 valence electrons. The highest BCUT2D eigenvalue weighted by molar-refractivity contribution is 6.32. The third-order valence-corrected chi connectivity index (χ3v) is 4.42. The first-order chi connectivity index (χ1) is 13.1. The van der Waals surface area contributed by atoms with E-state index < -0.39 is 0 Å². The molecule has 3 aromatic carbocycles. The lowest BCUT2D eigenvalue weighted by atomic mass is 10.0. The molecule has 27 heavy (non-hydrogen) atoms. The van der Waals surface area contributed by atoms with Gasteiger partial charge in [0.1, 0.15) is 11.5 Å². The Bertz CT molecular complexity index is 997. The lowest BCUT2D eigenvalue weighted by Crippen LogP contribution is -2.20. The Balaban J connectivity index is 1.71.